The molecule has 0 heterocycles. The lowest BCUT2D eigenvalue weighted by Gasteiger charge is -1.91. The molecule has 15 heavy (non-hydrogen) atoms. The van der Waals surface area contributed by atoms with Crippen LogP contribution in [0.2, 0.25) is 0 Å². The van der Waals surface area contributed by atoms with E-state index in [1.54, 1.807) is 19.9 Å². The first-order chi connectivity index (χ1) is 6.86. The van der Waals surface area contributed by atoms with Crippen LogP contribution in [0.3, 0.4) is 0 Å². The van der Waals surface area contributed by atoms with E-state index in [4.69, 9.17) is 15.3 Å². The summed E-state index contributed by atoms with van der Waals surface area (Å²) in [4.78, 5) is 19.7. The second kappa shape index (κ2) is 8.96. The van der Waals surface area contributed by atoms with E-state index in [1.807, 2.05) is 0 Å². The number of aliphatic hydroxyl groups excluding tert-OH is 1. The average Bonchev–Trinajstić information content (AvgIpc) is 2.17. The number of carboxylic acid groups (broad SMARTS) is 2. The van der Waals surface area contributed by atoms with Gasteiger partial charge in [-0.15, -0.1) is 0 Å². The van der Waals surface area contributed by atoms with E-state index in [0.29, 0.717) is 5.57 Å². The van der Waals surface area contributed by atoms with E-state index in [9.17, 15) is 9.59 Å². The maximum absolute atomic E-state index is 9.88. The summed E-state index contributed by atoms with van der Waals surface area (Å²) in [5, 5.41) is 24.4. The standard InChI is InChI=1S/C5H8O3.C5H8O2/c1-4(2-3-6)5(7)8;1-3-4(2)5(6)7/h6H,1-3H2,(H,7,8);3H,1-2H3,(H,6,7). The van der Waals surface area contributed by atoms with E-state index in [1.165, 1.54) is 0 Å². The minimum atomic E-state index is -1.04. The van der Waals surface area contributed by atoms with Gasteiger partial charge in [-0.2, -0.15) is 0 Å². The molecule has 3 N–H and O–H groups in total. The van der Waals surface area contributed by atoms with Crippen LogP contribution in [-0.2, 0) is 9.59 Å². The largest absolute Gasteiger partial charge is 0.478 e. The van der Waals surface area contributed by atoms with Crippen molar-refractivity contribution in [1.29, 1.82) is 0 Å². The predicted octanol–water partition coefficient (Wildman–Crippen LogP) is 1.05. The Balaban J connectivity index is 0. The molecule has 0 saturated heterocycles. The number of rotatable bonds is 4. The molecular weight excluding hydrogens is 200 g/mol. The van der Waals surface area contributed by atoms with Gasteiger partial charge >= 0.3 is 11.9 Å². The van der Waals surface area contributed by atoms with Crippen molar-refractivity contribution in [3.8, 4) is 0 Å². The van der Waals surface area contributed by atoms with Crippen LogP contribution in [0, 0.1) is 0 Å². The van der Waals surface area contributed by atoms with Gasteiger partial charge in [0.1, 0.15) is 0 Å². The van der Waals surface area contributed by atoms with Gasteiger partial charge in [-0.25, -0.2) is 9.59 Å². The molecule has 0 aliphatic heterocycles. The number of hydrogen-bond acceptors (Lipinski definition) is 3. The molecule has 0 amide bonds. The van der Waals surface area contributed by atoms with Gasteiger partial charge in [0.05, 0.1) is 0 Å². The van der Waals surface area contributed by atoms with Crippen molar-refractivity contribution in [3.05, 3.63) is 23.8 Å². The highest BCUT2D eigenvalue weighted by atomic mass is 16.4. The monoisotopic (exact) mass is 216 g/mol. The summed E-state index contributed by atoms with van der Waals surface area (Å²) in [6, 6.07) is 0. The Morgan fingerprint density at radius 3 is 1.80 bits per heavy atom. The van der Waals surface area contributed by atoms with Crippen LogP contribution in [0.15, 0.2) is 23.8 Å². The zero-order valence-electron chi connectivity index (χ0n) is 8.86. The lowest BCUT2D eigenvalue weighted by molar-refractivity contribution is -0.133. The zero-order chi connectivity index (χ0) is 12.4. The molecule has 0 rings (SSSR count). The molecule has 5 heteroatoms. The van der Waals surface area contributed by atoms with E-state index < -0.39 is 11.9 Å². The molecule has 86 valence electrons. The highest BCUT2D eigenvalue weighted by Gasteiger charge is 2.00. The van der Waals surface area contributed by atoms with Crippen LogP contribution >= 0.6 is 0 Å². The molecule has 0 aliphatic carbocycles. The topological polar surface area (TPSA) is 94.8 Å². The molecule has 0 aromatic rings. The summed E-state index contributed by atoms with van der Waals surface area (Å²) in [6.07, 6.45) is 1.71. The fourth-order valence-electron chi connectivity index (χ4n) is 0.365. The van der Waals surface area contributed by atoms with Crippen molar-refractivity contribution in [2.45, 2.75) is 20.3 Å². The predicted molar refractivity (Wildman–Crippen MR) is 55.5 cm³/mol. The first kappa shape index (κ1) is 15.8. The molecule has 0 radical (unpaired) electrons. The molecule has 0 fully saturated rings. The first-order valence-electron chi connectivity index (χ1n) is 4.24. The zero-order valence-corrected chi connectivity index (χ0v) is 8.86. The Bertz CT molecular complexity index is 265. The fourth-order valence-corrected chi connectivity index (χ4v) is 0.365. The molecule has 0 aliphatic rings. The minimum absolute atomic E-state index is 0.0486. The fraction of sp³-hybridized carbons (Fsp3) is 0.400. The molecule has 0 aromatic heterocycles. The van der Waals surface area contributed by atoms with Crippen molar-refractivity contribution in [3.63, 3.8) is 0 Å². The van der Waals surface area contributed by atoms with Gasteiger partial charge in [0.15, 0.2) is 0 Å². The highest BCUT2D eigenvalue weighted by molar-refractivity contribution is 5.85. The quantitative estimate of drug-likeness (QED) is 0.610. The average molecular weight is 216 g/mol. The third-order valence-electron chi connectivity index (χ3n) is 1.49. The number of allylic oxidation sites excluding steroid dienone is 1. The van der Waals surface area contributed by atoms with Gasteiger partial charge < -0.3 is 15.3 Å². The first-order valence-corrected chi connectivity index (χ1v) is 4.24. The molecule has 5 nitrogen and oxygen atoms in total. The summed E-state index contributed by atoms with van der Waals surface area (Å²) in [6.45, 7) is 6.29. The number of aliphatic carboxylic acids is 2. The molecule has 0 atom stereocenters. The van der Waals surface area contributed by atoms with E-state index in [2.05, 4.69) is 6.58 Å². The molecule has 0 bridgehead atoms. The highest BCUT2D eigenvalue weighted by Crippen LogP contribution is 1.94. The molecule has 0 saturated carbocycles. The second-order valence-corrected chi connectivity index (χ2v) is 2.66. The van der Waals surface area contributed by atoms with Crippen molar-refractivity contribution in [1.82, 2.24) is 0 Å². The number of hydrogen-bond donors (Lipinski definition) is 3. The van der Waals surface area contributed by atoms with Gasteiger partial charge in [0.2, 0.25) is 0 Å². The number of carbonyl (C=O) groups is 2. The Morgan fingerprint density at radius 1 is 1.27 bits per heavy atom. The molecule has 0 aromatic carbocycles. The summed E-state index contributed by atoms with van der Waals surface area (Å²) < 4.78 is 0. The van der Waals surface area contributed by atoms with Crippen molar-refractivity contribution in [2.75, 3.05) is 6.61 Å². The van der Waals surface area contributed by atoms with Gasteiger partial charge in [-0.1, -0.05) is 12.7 Å². The van der Waals surface area contributed by atoms with Crippen molar-refractivity contribution in [2.24, 2.45) is 0 Å². The lowest BCUT2D eigenvalue weighted by Crippen LogP contribution is -2.00. The normalized spacial score (nSPS) is 9.93. The van der Waals surface area contributed by atoms with Crippen LogP contribution in [0.5, 0.6) is 0 Å². The molecule has 0 spiro atoms. The summed E-state index contributed by atoms with van der Waals surface area (Å²) in [5.74, 6) is -1.89. The maximum atomic E-state index is 9.88. The van der Waals surface area contributed by atoms with E-state index >= 15 is 0 Å². The van der Waals surface area contributed by atoms with E-state index in [-0.39, 0.29) is 18.6 Å². The number of aliphatic hydroxyl groups is 1. The lowest BCUT2D eigenvalue weighted by atomic mass is 10.2. The SMILES string of the molecule is C=C(CCO)C(=O)O.CC=C(C)C(=O)O. The van der Waals surface area contributed by atoms with Gasteiger partial charge in [0, 0.05) is 24.2 Å². The Labute approximate surface area is 88.4 Å². The van der Waals surface area contributed by atoms with Crippen molar-refractivity contribution >= 4 is 11.9 Å². The molecule has 0 unspecified atom stereocenters. The molecular formula is C10H16O5. The third kappa shape index (κ3) is 10.3. The Morgan fingerprint density at radius 2 is 1.73 bits per heavy atom. The Kier molecular flexibility index (Phi) is 9.45. The summed E-state index contributed by atoms with van der Waals surface area (Å²) >= 11 is 0. The van der Waals surface area contributed by atoms with Crippen LogP contribution in [-0.4, -0.2) is 33.9 Å². The summed E-state index contributed by atoms with van der Waals surface area (Å²) in [7, 11) is 0. The smallest absolute Gasteiger partial charge is 0.331 e. The van der Waals surface area contributed by atoms with Gasteiger partial charge in [-0.05, 0) is 13.8 Å². The van der Waals surface area contributed by atoms with Crippen LogP contribution < -0.4 is 0 Å². The van der Waals surface area contributed by atoms with Crippen LogP contribution in [0.1, 0.15) is 20.3 Å². The van der Waals surface area contributed by atoms with Crippen LogP contribution in [0.25, 0.3) is 0 Å². The maximum Gasteiger partial charge on any atom is 0.331 e. The number of carboxylic acids is 2. The van der Waals surface area contributed by atoms with E-state index in [0.717, 1.165) is 0 Å². The van der Waals surface area contributed by atoms with Crippen molar-refractivity contribution < 1.29 is 24.9 Å². The minimum Gasteiger partial charge on any atom is -0.478 e. The summed E-state index contributed by atoms with van der Waals surface area (Å²) in [5.41, 5.74) is 0.438. The van der Waals surface area contributed by atoms with Gasteiger partial charge in [-0.3, -0.25) is 0 Å². The Hall–Kier alpha value is -1.62. The second-order valence-electron chi connectivity index (χ2n) is 2.66. The van der Waals surface area contributed by atoms with Gasteiger partial charge in [0.25, 0.3) is 0 Å². The third-order valence-corrected chi connectivity index (χ3v) is 1.49. The van der Waals surface area contributed by atoms with Crippen LogP contribution in [0.4, 0.5) is 0 Å².